The van der Waals surface area contributed by atoms with Gasteiger partial charge in [0.1, 0.15) is 23.0 Å². The van der Waals surface area contributed by atoms with Gasteiger partial charge in [0.15, 0.2) is 0 Å². The average molecular weight is 280 g/mol. The minimum Gasteiger partial charge on any atom is -0.457 e. The Balaban J connectivity index is 1.92. The molecular formula is C15H12N4O2. The highest BCUT2D eigenvalue weighted by Gasteiger charge is 2.05. The van der Waals surface area contributed by atoms with E-state index in [0.29, 0.717) is 11.5 Å². The van der Waals surface area contributed by atoms with Crippen molar-refractivity contribution in [2.45, 2.75) is 6.92 Å². The van der Waals surface area contributed by atoms with E-state index >= 15 is 0 Å². The predicted molar refractivity (Wildman–Crippen MR) is 77.1 cm³/mol. The Morgan fingerprint density at radius 1 is 1.14 bits per heavy atom. The van der Waals surface area contributed by atoms with Gasteiger partial charge in [0.05, 0.1) is 5.52 Å². The van der Waals surface area contributed by atoms with Gasteiger partial charge in [-0.25, -0.2) is 9.97 Å². The zero-order valence-electron chi connectivity index (χ0n) is 11.3. The van der Waals surface area contributed by atoms with Crippen LogP contribution >= 0.6 is 0 Å². The monoisotopic (exact) mass is 280 g/mol. The Morgan fingerprint density at radius 2 is 1.95 bits per heavy atom. The van der Waals surface area contributed by atoms with Gasteiger partial charge < -0.3 is 10.5 Å². The topological polar surface area (TPSA) is 91.0 Å². The molecule has 0 radical (unpaired) electrons. The molecule has 0 spiro atoms. The van der Waals surface area contributed by atoms with Crippen LogP contribution in [-0.2, 0) is 0 Å². The van der Waals surface area contributed by atoms with Crippen LogP contribution in [0.1, 0.15) is 16.3 Å². The maximum Gasteiger partial charge on any atom is 0.267 e. The molecule has 2 aromatic heterocycles. The van der Waals surface area contributed by atoms with Crippen molar-refractivity contribution >= 4 is 16.8 Å². The lowest BCUT2D eigenvalue weighted by molar-refractivity contribution is 0.0995. The van der Waals surface area contributed by atoms with E-state index in [4.69, 9.17) is 10.5 Å². The summed E-state index contributed by atoms with van der Waals surface area (Å²) in [5.74, 6) is 1.24. The number of nitrogens with two attached hydrogens (primary N) is 1. The van der Waals surface area contributed by atoms with Crippen LogP contribution in [0, 0.1) is 6.92 Å². The number of hydrogen-bond donors (Lipinski definition) is 1. The second-order valence-electron chi connectivity index (χ2n) is 4.48. The van der Waals surface area contributed by atoms with Gasteiger partial charge in [0.25, 0.3) is 5.91 Å². The van der Waals surface area contributed by atoms with E-state index < -0.39 is 5.91 Å². The van der Waals surface area contributed by atoms with Gasteiger partial charge in [0, 0.05) is 23.8 Å². The SMILES string of the molecule is Cc1ncc2cc(Oc3ccnc(C(N)=O)c3)ccc2n1. The molecule has 0 saturated heterocycles. The van der Waals surface area contributed by atoms with Crippen LogP contribution in [0.5, 0.6) is 11.5 Å². The van der Waals surface area contributed by atoms with Crippen molar-refractivity contribution in [2.75, 3.05) is 0 Å². The number of benzene rings is 1. The standard InChI is InChI=1S/C15H12N4O2/c1-9-18-8-10-6-11(2-3-13(10)19-9)21-12-4-5-17-14(7-12)15(16)20/h2-8H,1H3,(H2,16,20). The summed E-state index contributed by atoms with van der Waals surface area (Å²) in [6.07, 6.45) is 3.22. The van der Waals surface area contributed by atoms with Crippen molar-refractivity contribution in [3.05, 3.63) is 54.2 Å². The number of carbonyl (C=O) groups excluding carboxylic acids is 1. The first-order valence-corrected chi connectivity index (χ1v) is 6.29. The number of aryl methyl sites for hydroxylation is 1. The molecular weight excluding hydrogens is 268 g/mol. The summed E-state index contributed by atoms with van der Waals surface area (Å²) < 4.78 is 5.70. The molecule has 0 bridgehead atoms. The number of rotatable bonds is 3. The van der Waals surface area contributed by atoms with Gasteiger partial charge in [-0.2, -0.15) is 0 Å². The van der Waals surface area contributed by atoms with Crippen molar-refractivity contribution in [3.63, 3.8) is 0 Å². The van der Waals surface area contributed by atoms with Crippen molar-refractivity contribution in [1.29, 1.82) is 0 Å². The van der Waals surface area contributed by atoms with Crippen LogP contribution in [0.25, 0.3) is 10.9 Å². The molecule has 0 aliphatic carbocycles. The lowest BCUT2D eigenvalue weighted by atomic mass is 10.2. The summed E-state index contributed by atoms with van der Waals surface area (Å²) in [4.78, 5) is 23.4. The summed E-state index contributed by atoms with van der Waals surface area (Å²) >= 11 is 0. The second kappa shape index (κ2) is 5.16. The number of carbonyl (C=O) groups is 1. The fourth-order valence-corrected chi connectivity index (χ4v) is 1.91. The van der Waals surface area contributed by atoms with Gasteiger partial charge >= 0.3 is 0 Å². The van der Waals surface area contributed by atoms with Crippen molar-refractivity contribution < 1.29 is 9.53 Å². The van der Waals surface area contributed by atoms with E-state index in [1.54, 1.807) is 18.3 Å². The molecule has 0 unspecified atom stereocenters. The molecule has 0 aliphatic heterocycles. The quantitative estimate of drug-likeness (QED) is 0.794. The van der Waals surface area contributed by atoms with Gasteiger partial charge in [-0.1, -0.05) is 0 Å². The predicted octanol–water partition coefficient (Wildman–Crippen LogP) is 2.22. The molecule has 2 heterocycles. The van der Waals surface area contributed by atoms with Crippen LogP contribution in [0.3, 0.4) is 0 Å². The Morgan fingerprint density at radius 3 is 2.76 bits per heavy atom. The maximum atomic E-state index is 11.1. The average Bonchev–Trinajstić information content (AvgIpc) is 2.48. The van der Waals surface area contributed by atoms with E-state index in [0.717, 1.165) is 16.7 Å². The highest BCUT2D eigenvalue weighted by molar-refractivity contribution is 5.91. The normalized spacial score (nSPS) is 10.5. The lowest BCUT2D eigenvalue weighted by Crippen LogP contribution is -2.12. The summed E-state index contributed by atoms with van der Waals surface area (Å²) in [5, 5.41) is 0.877. The summed E-state index contributed by atoms with van der Waals surface area (Å²) in [5.41, 5.74) is 6.20. The molecule has 1 amide bonds. The van der Waals surface area contributed by atoms with E-state index in [-0.39, 0.29) is 5.69 Å². The first-order chi connectivity index (χ1) is 10.1. The molecule has 21 heavy (non-hydrogen) atoms. The first kappa shape index (κ1) is 13.0. The van der Waals surface area contributed by atoms with Crippen LogP contribution < -0.4 is 10.5 Å². The summed E-state index contributed by atoms with van der Waals surface area (Å²) in [6.45, 7) is 1.84. The third-order valence-electron chi connectivity index (χ3n) is 2.89. The fourth-order valence-electron chi connectivity index (χ4n) is 1.91. The third kappa shape index (κ3) is 2.79. The molecule has 1 aromatic carbocycles. The molecule has 6 nitrogen and oxygen atoms in total. The highest BCUT2D eigenvalue weighted by atomic mass is 16.5. The van der Waals surface area contributed by atoms with Gasteiger partial charge in [-0.15, -0.1) is 0 Å². The Bertz CT molecular complexity index is 833. The number of ether oxygens (including phenoxy) is 1. The summed E-state index contributed by atoms with van der Waals surface area (Å²) in [7, 11) is 0. The second-order valence-corrected chi connectivity index (χ2v) is 4.48. The number of hydrogen-bond acceptors (Lipinski definition) is 5. The van der Waals surface area contributed by atoms with Crippen molar-refractivity contribution in [3.8, 4) is 11.5 Å². The number of primary amides is 1. The van der Waals surface area contributed by atoms with Gasteiger partial charge in [0.2, 0.25) is 0 Å². The minimum atomic E-state index is -0.595. The largest absolute Gasteiger partial charge is 0.457 e. The number of fused-ring (bicyclic) bond motifs is 1. The zero-order chi connectivity index (χ0) is 14.8. The third-order valence-corrected chi connectivity index (χ3v) is 2.89. The van der Waals surface area contributed by atoms with Crippen LogP contribution in [-0.4, -0.2) is 20.9 Å². The number of amides is 1. The fraction of sp³-hybridized carbons (Fsp3) is 0.0667. The molecule has 0 fully saturated rings. The molecule has 0 aliphatic rings. The maximum absolute atomic E-state index is 11.1. The van der Waals surface area contributed by atoms with E-state index in [9.17, 15) is 4.79 Å². The van der Waals surface area contributed by atoms with Gasteiger partial charge in [-0.3, -0.25) is 9.78 Å². The zero-order valence-corrected chi connectivity index (χ0v) is 11.3. The smallest absolute Gasteiger partial charge is 0.267 e. The van der Waals surface area contributed by atoms with E-state index in [1.807, 2.05) is 19.1 Å². The van der Waals surface area contributed by atoms with E-state index in [1.165, 1.54) is 12.3 Å². The number of nitrogens with zero attached hydrogens (tertiary/aromatic N) is 3. The lowest BCUT2D eigenvalue weighted by Gasteiger charge is -2.07. The number of pyridine rings is 1. The van der Waals surface area contributed by atoms with Crippen molar-refractivity contribution in [1.82, 2.24) is 15.0 Å². The van der Waals surface area contributed by atoms with Crippen LogP contribution in [0.15, 0.2) is 42.7 Å². The minimum absolute atomic E-state index is 0.159. The molecule has 3 rings (SSSR count). The first-order valence-electron chi connectivity index (χ1n) is 6.29. The van der Waals surface area contributed by atoms with Crippen LogP contribution in [0.2, 0.25) is 0 Å². The molecule has 6 heteroatoms. The highest BCUT2D eigenvalue weighted by Crippen LogP contribution is 2.24. The summed E-state index contributed by atoms with van der Waals surface area (Å²) in [6, 6.07) is 8.65. The molecule has 2 N–H and O–H groups in total. The molecule has 0 saturated carbocycles. The van der Waals surface area contributed by atoms with Crippen molar-refractivity contribution in [2.24, 2.45) is 5.73 Å². The van der Waals surface area contributed by atoms with Gasteiger partial charge in [-0.05, 0) is 31.2 Å². The Labute approximate surface area is 120 Å². The Hall–Kier alpha value is -3.02. The molecule has 104 valence electrons. The molecule has 3 aromatic rings. The number of aromatic nitrogens is 3. The molecule has 0 atom stereocenters. The van der Waals surface area contributed by atoms with E-state index in [2.05, 4.69) is 15.0 Å². The Kier molecular flexibility index (Phi) is 3.19. The van der Waals surface area contributed by atoms with Crippen LogP contribution in [0.4, 0.5) is 0 Å².